The third kappa shape index (κ3) is 4.12. The number of primary amides is 1. The van der Waals surface area contributed by atoms with Gasteiger partial charge < -0.3 is 20.5 Å². The maximum absolute atomic E-state index is 12.4. The zero-order valence-electron chi connectivity index (χ0n) is 15.1. The molecule has 140 valence electrons. The topological polar surface area (TPSA) is 106 Å². The summed E-state index contributed by atoms with van der Waals surface area (Å²) in [4.78, 5) is 34.0. The molecule has 1 saturated heterocycles. The molecule has 0 aromatic carbocycles. The van der Waals surface area contributed by atoms with Crippen molar-refractivity contribution in [2.24, 2.45) is 5.73 Å². The van der Waals surface area contributed by atoms with Gasteiger partial charge in [0.1, 0.15) is 11.3 Å². The van der Waals surface area contributed by atoms with Gasteiger partial charge in [0.15, 0.2) is 5.65 Å². The second-order valence-electron chi connectivity index (χ2n) is 6.74. The maximum Gasteiger partial charge on any atom is 0.312 e. The number of fused-ring (bicyclic) bond motifs is 1. The molecule has 8 heteroatoms. The van der Waals surface area contributed by atoms with Gasteiger partial charge in [0.2, 0.25) is 5.91 Å². The fraction of sp³-hybridized carbons (Fsp3) is 0.556. The van der Waals surface area contributed by atoms with E-state index in [9.17, 15) is 9.59 Å². The SMILES string of the molecule is Cc1nc2cccnc2n1C1CCN(C(=O)CCCCNC(N)=O)CC1. The maximum atomic E-state index is 12.4. The lowest BCUT2D eigenvalue weighted by atomic mass is 10.0. The van der Waals surface area contributed by atoms with Crippen LogP contribution in [0.4, 0.5) is 4.79 Å². The zero-order chi connectivity index (χ0) is 18.5. The number of nitrogens with two attached hydrogens (primary N) is 1. The van der Waals surface area contributed by atoms with Crippen molar-refractivity contribution in [3.05, 3.63) is 24.2 Å². The van der Waals surface area contributed by atoms with Gasteiger partial charge in [-0.05, 0) is 44.7 Å². The van der Waals surface area contributed by atoms with Crippen LogP contribution in [-0.4, -0.2) is 51.0 Å². The number of likely N-dealkylation sites (tertiary alicyclic amines) is 1. The van der Waals surface area contributed by atoms with Crippen molar-refractivity contribution in [2.75, 3.05) is 19.6 Å². The van der Waals surface area contributed by atoms with E-state index >= 15 is 0 Å². The van der Waals surface area contributed by atoms with Crippen LogP contribution in [0.2, 0.25) is 0 Å². The molecule has 0 radical (unpaired) electrons. The van der Waals surface area contributed by atoms with Gasteiger partial charge in [-0.15, -0.1) is 0 Å². The van der Waals surface area contributed by atoms with Gasteiger partial charge in [0.05, 0.1) is 0 Å². The highest BCUT2D eigenvalue weighted by Crippen LogP contribution is 2.28. The number of nitrogens with one attached hydrogen (secondary N) is 1. The predicted molar refractivity (Wildman–Crippen MR) is 98.6 cm³/mol. The summed E-state index contributed by atoms with van der Waals surface area (Å²) in [6, 6.07) is 3.70. The average molecular weight is 358 g/mol. The highest BCUT2D eigenvalue weighted by atomic mass is 16.2. The van der Waals surface area contributed by atoms with Crippen molar-refractivity contribution < 1.29 is 9.59 Å². The van der Waals surface area contributed by atoms with E-state index in [0.29, 0.717) is 19.0 Å². The lowest BCUT2D eigenvalue weighted by Crippen LogP contribution is -2.39. The second kappa shape index (κ2) is 8.16. The fourth-order valence-electron chi connectivity index (χ4n) is 3.62. The molecule has 0 atom stereocenters. The number of urea groups is 1. The molecule has 3 rings (SSSR count). The first-order valence-corrected chi connectivity index (χ1v) is 9.17. The molecule has 8 nitrogen and oxygen atoms in total. The number of pyridine rings is 1. The first-order valence-electron chi connectivity index (χ1n) is 9.17. The Hall–Kier alpha value is -2.64. The Morgan fingerprint density at radius 1 is 1.31 bits per heavy atom. The minimum atomic E-state index is -0.518. The molecule has 0 spiro atoms. The number of unbranched alkanes of at least 4 members (excludes halogenated alkanes) is 1. The van der Waals surface area contributed by atoms with E-state index in [1.54, 1.807) is 6.20 Å². The normalized spacial score (nSPS) is 15.3. The van der Waals surface area contributed by atoms with Crippen LogP contribution < -0.4 is 11.1 Å². The smallest absolute Gasteiger partial charge is 0.312 e. The van der Waals surface area contributed by atoms with Crippen molar-refractivity contribution in [1.29, 1.82) is 0 Å². The van der Waals surface area contributed by atoms with Crippen LogP contribution in [-0.2, 0) is 4.79 Å². The highest BCUT2D eigenvalue weighted by Gasteiger charge is 2.25. The second-order valence-corrected chi connectivity index (χ2v) is 6.74. The molecule has 0 saturated carbocycles. The molecule has 0 aliphatic carbocycles. The van der Waals surface area contributed by atoms with E-state index < -0.39 is 6.03 Å². The molecule has 3 heterocycles. The van der Waals surface area contributed by atoms with E-state index in [2.05, 4.69) is 19.9 Å². The summed E-state index contributed by atoms with van der Waals surface area (Å²) >= 11 is 0. The molecule has 2 aromatic rings. The Kier molecular flexibility index (Phi) is 5.70. The summed E-state index contributed by atoms with van der Waals surface area (Å²) in [5.74, 6) is 1.17. The Balaban J connectivity index is 1.50. The van der Waals surface area contributed by atoms with Crippen LogP contribution >= 0.6 is 0 Å². The molecule has 1 fully saturated rings. The lowest BCUT2D eigenvalue weighted by molar-refractivity contribution is -0.132. The van der Waals surface area contributed by atoms with Gasteiger partial charge in [0, 0.05) is 38.3 Å². The number of carbonyl (C=O) groups is 2. The van der Waals surface area contributed by atoms with E-state index in [1.807, 2.05) is 24.0 Å². The molecule has 3 N–H and O–H groups in total. The summed E-state index contributed by atoms with van der Waals surface area (Å²) in [5.41, 5.74) is 6.87. The number of piperidine rings is 1. The summed E-state index contributed by atoms with van der Waals surface area (Å²) in [5, 5.41) is 2.54. The largest absolute Gasteiger partial charge is 0.352 e. The molecule has 26 heavy (non-hydrogen) atoms. The van der Waals surface area contributed by atoms with Gasteiger partial charge in [-0.25, -0.2) is 14.8 Å². The predicted octanol–water partition coefficient (Wildman–Crippen LogP) is 1.74. The third-order valence-corrected chi connectivity index (χ3v) is 4.92. The quantitative estimate of drug-likeness (QED) is 0.767. The van der Waals surface area contributed by atoms with Gasteiger partial charge in [-0.2, -0.15) is 0 Å². The fourth-order valence-corrected chi connectivity index (χ4v) is 3.62. The Labute approximate surface area is 152 Å². The zero-order valence-corrected chi connectivity index (χ0v) is 15.1. The summed E-state index contributed by atoms with van der Waals surface area (Å²) < 4.78 is 2.21. The average Bonchev–Trinajstić information content (AvgIpc) is 2.97. The molecular weight excluding hydrogens is 332 g/mol. The molecule has 1 aliphatic rings. The molecule has 2 aromatic heterocycles. The third-order valence-electron chi connectivity index (χ3n) is 4.92. The van der Waals surface area contributed by atoms with Crippen LogP contribution in [0.3, 0.4) is 0 Å². The molecule has 3 amide bonds. The van der Waals surface area contributed by atoms with Crippen LogP contribution in [0.5, 0.6) is 0 Å². The highest BCUT2D eigenvalue weighted by molar-refractivity contribution is 5.76. The van der Waals surface area contributed by atoms with Gasteiger partial charge in [0.25, 0.3) is 0 Å². The Bertz CT molecular complexity index is 779. The number of aromatic nitrogens is 3. The Morgan fingerprint density at radius 2 is 2.08 bits per heavy atom. The monoisotopic (exact) mass is 358 g/mol. The number of rotatable bonds is 6. The number of imidazole rings is 1. The summed E-state index contributed by atoms with van der Waals surface area (Å²) in [7, 11) is 0. The molecule has 0 bridgehead atoms. The van der Waals surface area contributed by atoms with Crippen molar-refractivity contribution in [1.82, 2.24) is 24.8 Å². The number of nitrogens with zero attached hydrogens (tertiary/aromatic N) is 4. The first kappa shape index (κ1) is 18.2. The van der Waals surface area contributed by atoms with Crippen LogP contribution in [0, 0.1) is 6.92 Å². The first-order chi connectivity index (χ1) is 12.6. The van der Waals surface area contributed by atoms with Crippen molar-refractivity contribution in [3.63, 3.8) is 0 Å². The standard InChI is InChI=1S/C18H26N6O2/c1-13-22-15-5-4-10-20-17(15)24(13)14-7-11-23(12-8-14)16(25)6-2-3-9-21-18(19)26/h4-5,10,14H,2-3,6-9,11-12H2,1H3,(H3,19,21,26). The van der Waals surface area contributed by atoms with E-state index in [0.717, 1.165) is 55.8 Å². The van der Waals surface area contributed by atoms with Crippen LogP contribution in [0.15, 0.2) is 18.3 Å². The molecular formula is C18H26N6O2. The van der Waals surface area contributed by atoms with Crippen LogP contribution in [0.1, 0.15) is 44.0 Å². The van der Waals surface area contributed by atoms with Crippen LogP contribution in [0.25, 0.3) is 11.2 Å². The van der Waals surface area contributed by atoms with Crippen molar-refractivity contribution in [2.45, 2.75) is 45.1 Å². The summed E-state index contributed by atoms with van der Waals surface area (Å²) in [6.45, 7) is 4.05. The minimum absolute atomic E-state index is 0.188. The number of hydrogen-bond acceptors (Lipinski definition) is 4. The number of aryl methyl sites for hydroxylation is 1. The minimum Gasteiger partial charge on any atom is -0.352 e. The molecule has 1 aliphatic heterocycles. The number of amides is 3. The number of carbonyl (C=O) groups excluding carboxylic acids is 2. The van der Waals surface area contributed by atoms with Crippen molar-refractivity contribution in [3.8, 4) is 0 Å². The van der Waals surface area contributed by atoms with E-state index in [4.69, 9.17) is 5.73 Å². The van der Waals surface area contributed by atoms with Crippen molar-refractivity contribution >= 4 is 23.1 Å². The van der Waals surface area contributed by atoms with Gasteiger partial charge in [-0.3, -0.25) is 4.79 Å². The van der Waals surface area contributed by atoms with Gasteiger partial charge >= 0.3 is 6.03 Å². The lowest BCUT2D eigenvalue weighted by Gasteiger charge is -2.33. The van der Waals surface area contributed by atoms with E-state index in [-0.39, 0.29) is 5.91 Å². The summed E-state index contributed by atoms with van der Waals surface area (Å²) in [6.07, 6.45) is 5.66. The molecule has 0 unspecified atom stereocenters. The number of hydrogen-bond donors (Lipinski definition) is 2. The Morgan fingerprint density at radius 3 is 2.81 bits per heavy atom. The van der Waals surface area contributed by atoms with Gasteiger partial charge in [-0.1, -0.05) is 0 Å². The van der Waals surface area contributed by atoms with E-state index in [1.165, 1.54) is 0 Å².